The van der Waals surface area contributed by atoms with E-state index in [-0.39, 0.29) is 12.5 Å². The van der Waals surface area contributed by atoms with E-state index in [9.17, 15) is 4.79 Å². The van der Waals surface area contributed by atoms with Crippen LogP contribution in [0.3, 0.4) is 0 Å². The highest BCUT2D eigenvalue weighted by Gasteiger charge is 2.03. The number of hydrogen-bond donors (Lipinski definition) is 2. The van der Waals surface area contributed by atoms with Gasteiger partial charge in [0, 0.05) is 4.47 Å². The Labute approximate surface area is 97.1 Å². The zero-order valence-corrected chi connectivity index (χ0v) is 10.0. The lowest BCUT2D eigenvalue weighted by atomic mass is 10.3. The van der Waals surface area contributed by atoms with Crippen LogP contribution in [0, 0.1) is 0 Å². The summed E-state index contributed by atoms with van der Waals surface area (Å²) in [5, 5.41) is 2.74. The molecule has 0 spiro atoms. The van der Waals surface area contributed by atoms with Crippen molar-refractivity contribution in [3.63, 3.8) is 0 Å². The lowest BCUT2D eigenvalue weighted by Crippen LogP contribution is -2.28. The molecule has 0 aliphatic heterocycles. The Morgan fingerprint density at radius 3 is 2.87 bits per heavy atom. The fraction of sp³-hybridized carbons (Fsp3) is 0.300. The van der Waals surface area contributed by atoms with E-state index in [4.69, 9.17) is 4.84 Å². The van der Waals surface area contributed by atoms with Crippen molar-refractivity contribution in [3.05, 3.63) is 28.7 Å². The molecular weight excluding hydrogens is 260 g/mol. The van der Waals surface area contributed by atoms with Crippen LogP contribution in [0.5, 0.6) is 0 Å². The van der Waals surface area contributed by atoms with Crippen molar-refractivity contribution in [2.75, 3.05) is 18.5 Å². The molecule has 2 N–H and O–H groups in total. The van der Waals surface area contributed by atoms with Gasteiger partial charge in [0.1, 0.15) is 6.54 Å². The summed E-state index contributed by atoms with van der Waals surface area (Å²) in [5.41, 5.74) is 3.30. The zero-order chi connectivity index (χ0) is 11.1. The molecular formula is C10H13BrN2O2. The largest absolute Gasteiger partial charge is 0.324 e. The van der Waals surface area contributed by atoms with Gasteiger partial charge in [0.05, 0.1) is 12.3 Å². The predicted octanol–water partition coefficient (Wildman–Crippen LogP) is 1.93. The van der Waals surface area contributed by atoms with Crippen molar-refractivity contribution in [1.82, 2.24) is 5.48 Å². The summed E-state index contributed by atoms with van der Waals surface area (Å²) in [6.07, 6.45) is 0. The third kappa shape index (κ3) is 4.42. The molecule has 5 heteroatoms. The standard InChI is InChI=1S/C10H13BrN2O2/c1-2-15-12-7-10(14)13-9-6-4-3-5-8(9)11/h3-6,12H,2,7H2,1H3,(H,13,14). The number of halogens is 1. The number of anilines is 1. The smallest absolute Gasteiger partial charge is 0.240 e. The molecule has 0 radical (unpaired) electrons. The average Bonchev–Trinajstić information content (AvgIpc) is 2.22. The van der Waals surface area contributed by atoms with Gasteiger partial charge in [-0.15, -0.1) is 0 Å². The number of rotatable bonds is 5. The number of carbonyl (C=O) groups excluding carboxylic acids is 1. The van der Waals surface area contributed by atoms with Gasteiger partial charge in [0.15, 0.2) is 0 Å². The molecule has 0 heterocycles. The van der Waals surface area contributed by atoms with E-state index in [1.54, 1.807) is 0 Å². The number of hydroxylamine groups is 1. The van der Waals surface area contributed by atoms with Crippen LogP contribution in [-0.2, 0) is 9.63 Å². The Kier molecular flexibility index (Phi) is 5.31. The summed E-state index contributed by atoms with van der Waals surface area (Å²) in [6.45, 7) is 2.51. The third-order valence-electron chi connectivity index (χ3n) is 1.63. The maximum Gasteiger partial charge on any atom is 0.240 e. The monoisotopic (exact) mass is 272 g/mol. The van der Waals surface area contributed by atoms with Crippen molar-refractivity contribution < 1.29 is 9.63 Å². The SMILES string of the molecule is CCONCC(=O)Nc1ccccc1Br. The molecule has 15 heavy (non-hydrogen) atoms. The summed E-state index contributed by atoms with van der Waals surface area (Å²) < 4.78 is 0.856. The Bertz CT molecular complexity index is 331. The summed E-state index contributed by atoms with van der Waals surface area (Å²) in [5.74, 6) is -0.143. The van der Waals surface area contributed by atoms with Crippen LogP contribution < -0.4 is 10.8 Å². The lowest BCUT2D eigenvalue weighted by molar-refractivity contribution is -0.117. The van der Waals surface area contributed by atoms with Gasteiger partial charge in [0.25, 0.3) is 0 Å². The second-order valence-electron chi connectivity index (χ2n) is 2.78. The Balaban J connectivity index is 2.41. The van der Waals surface area contributed by atoms with E-state index in [1.165, 1.54) is 0 Å². The molecule has 0 aromatic heterocycles. The van der Waals surface area contributed by atoms with E-state index in [1.807, 2.05) is 31.2 Å². The molecule has 1 amide bonds. The highest BCUT2D eigenvalue weighted by Crippen LogP contribution is 2.20. The van der Waals surface area contributed by atoms with Gasteiger partial charge in [-0.05, 0) is 35.0 Å². The first-order valence-electron chi connectivity index (χ1n) is 4.63. The number of para-hydroxylation sites is 1. The molecule has 82 valence electrons. The van der Waals surface area contributed by atoms with Gasteiger partial charge in [-0.25, -0.2) is 0 Å². The molecule has 0 unspecified atom stereocenters. The zero-order valence-electron chi connectivity index (χ0n) is 8.42. The summed E-state index contributed by atoms with van der Waals surface area (Å²) in [4.78, 5) is 16.2. The molecule has 0 saturated carbocycles. The van der Waals surface area contributed by atoms with Crippen LogP contribution >= 0.6 is 15.9 Å². The fourth-order valence-corrected chi connectivity index (χ4v) is 1.36. The Hall–Kier alpha value is -0.910. The van der Waals surface area contributed by atoms with Crippen LogP contribution in [0.1, 0.15) is 6.92 Å². The highest BCUT2D eigenvalue weighted by molar-refractivity contribution is 9.10. The van der Waals surface area contributed by atoms with Crippen LogP contribution in [-0.4, -0.2) is 19.1 Å². The molecule has 1 aromatic carbocycles. The van der Waals surface area contributed by atoms with Gasteiger partial charge in [-0.2, -0.15) is 5.48 Å². The summed E-state index contributed by atoms with van der Waals surface area (Å²) in [7, 11) is 0. The first kappa shape index (κ1) is 12.2. The molecule has 1 rings (SSSR count). The molecule has 1 aromatic rings. The third-order valence-corrected chi connectivity index (χ3v) is 2.32. The minimum absolute atomic E-state index is 0.134. The highest BCUT2D eigenvalue weighted by atomic mass is 79.9. The molecule has 0 bridgehead atoms. The Morgan fingerprint density at radius 2 is 2.20 bits per heavy atom. The fourth-order valence-electron chi connectivity index (χ4n) is 0.976. The minimum Gasteiger partial charge on any atom is -0.324 e. The number of hydrogen-bond acceptors (Lipinski definition) is 3. The topological polar surface area (TPSA) is 50.4 Å². The van der Waals surface area contributed by atoms with Crippen LogP contribution in [0.25, 0.3) is 0 Å². The normalized spacial score (nSPS) is 10.0. The maximum absolute atomic E-state index is 11.4. The van der Waals surface area contributed by atoms with Crippen molar-refractivity contribution in [2.24, 2.45) is 0 Å². The molecule has 4 nitrogen and oxygen atoms in total. The molecule has 0 fully saturated rings. The molecule has 0 aliphatic rings. The van der Waals surface area contributed by atoms with E-state index in [2.05, 4.69) is 26.7 Å². The van der Waals surface area contributed by atoms with E-state index < -0.39 is 0 Å². The molecule has 0 aliphatic carbocycles. The average molecular weight is 273 g/mol. The van der Waals surface area contributed by atoms with Crippen molar-refractivity contribution >= 4 is 27.5 Å². The number of carbonyl (C=O) groups is 1. The maximum atomic E-state index is 11.4. The first-order valence-corrected chi connectivity index (χ1v) is 5.42. The van der Waals surface area contributed by atoms with Crippen molar-refractivity contribution in [3.8, 4) is 0 Å². The molecule has 0 atom stereocenters. The van der Waals surface area contributed by atoms with Gasteiger partial charge in [-0.3, -0.25) is 4.79 Å². The molecule has 0 saturated heterocycles. The summed E-state index contributed by atoms with van der Waals surface area (Å²) >= 11 is 3.34. The lowest BCUT2D eigenvalue weighted by Gasteiger charge is -2.07. The summed E-state index contributed by atoms with van der Waals surface area (Å²) in [6, 6.07) is 7.43. The van der Waals surface area contributed by atoms with Crippen LogP contribution in [0.15, 0.2) is 28.7 Å². The number of benzene rings is 1. The van der Waals surface area contributed by atoms with Crippen molar-refractivity contribution in [1.29, 1.82) is 0 Å². The van der Waals surface area contributed by atoms with Gasteiger partial charge in [0.2, 0.25) is 5.91 Å². The van der Waals surface area contributed by atoms with Crippen molar-refractivity contribution in [2.45, 2.75) is 6.92 Å². The number of amides is 1. The minimum atomic E-state index is -0.143. The van der Waals surface area contributed by atoms with Crippen LogP contribution in [0.4, 0.5) is 5.69 Å². The van der Waals surface area contributed by atoms with Gasteiger partial charge in [-0.1, -0.05) is 12.1 Å². The van der Waals surface area contributed by atoms with Gasteiger partial charge < -0.3 is 10.2 Å². The predicted molar refractivity (Wildman–Crippen MR) is 62.4 cm³/mol. The van der Waals surface area contributed by atoms with E-state index in [0.29, 0.717) is 6.61 Å². The van der Waals surface area contributed by atoms with E-state index >= 15 is 0 Å². The Morgan fingerprint density at radius 1 is 1.47 bits per heavy atom. The second kappa shape index (κ2) is 6.55. The quantitative estimate of drug-likeness (QED) is 0.636. The first-order chi connectivity index (χ1) is 7.24. The second-order valence-corrected chi connectivity index (χ2v) is 3.64. The van der Waals surface area contributed by atoms with Crippen LogP contribution in [0.2, 0.25) is 0 Å². The van der Waals surface area contributed by atoms with Gasteiger partial charge >= 0.3 is 0 Å². The van der Waals surface area contributed by atoms with E-state index in [0.717, 1.165) is 10.2 Å². The number of nitrogens with one attached hydrogen (secondary N) is 2.